The van der Waals surface area contributed by atoms with Crippen molar-refractivity contribution in [2.24, 2.45) is 0 Å². The van der Waals surface area contributed by atoms with Crippen LogP contribution in [0.2, 0.25) is 0 Å². The minimum atomic E-state index is -0.669. The highest BCUT2D eigenvalue weighted by Gasteiger charge is 2.35. The summed E-state index contributed by atoms with van der Waals surface area (Å²) in [6.45, 7) is 8.22. The van der Waals surface area contributed by atoms with Crippen LogP contribution in [0.25, 0.3) is 0 Å². The first kappa shape index (κ1) is 12.6. The van der Waals surface area contributed by atoms with Crippen LogP contribution >= 0.6 is 0 Å². The third kappa shape index (κ3) is 2.53. The van der Waals surface area contributed by atoms with Gasteiger partial charge in [-0.05, 0) is 31.9 Å². The zero-order valence-electron chi connectivity index (χ0n) is 10.9. The first-order chi connectivity index (χ1) is 8.19. The Morgan fingerprint density at radius 1 is 1.35 bits per heavy atom. The van der Waals surface area contributed by atoms with Crippen molar-refractivity contribution in [3.8, 4) is 0 Å². The molecule has 96 valence electrons. The number of hydrogen-bond donors (Lipinski definition) is 1. The summed E-state index contributed by atoms with van der Waals surface area (Å²) in [5.41, 5.74) is 0.326. The number of aryl methyl sites for hydroxylation is 1. The van der Waals surface area contributed by atoms with Crippen molar-refractivity contribution >= 4 is 0 Å². The van der Waals surface area contributed by atoms with E-state index in [9.17, 15) is 5.11 Å². The Bertz CT molecular complexity index is 353. The smallest absolute Gasteiger partial charge is 0.109 e. The predicted octanol–water partition coefficient (Wildman–Crippen LogP) is 1.60. The molecule has 0 aliphatic carbocycles. The number of aliphatic hydroxyl groups is 1. The first-order valence-electron chi connectivity index (χ1n) is 6.66. The molecule has 0 atom stereocenters. The van der Waals surface area contributed by atoms with Crippen molar-refractivity contribution in [3.63, 3.8) is 0 Å². The number of likely N-dealkylation sites (tertiary alicyclic amines) is 1. The molecule has 0 unspecified atom stereocenters. The van der Waals surface area contributed by atoms with E-state index in [0.717, 1.165) is 51.1 Å². The van der Waals surface area contributed by atoms with Gasteiger partial charge in [0.1, 0.15) is 5.60 Å². The average Bonchev–Trinajstić information content (AvgIpc) is 2.80. The standard InChI is InChI=1S/C13H23N3O/c1-3-9-16-12(5-8-14-16)13(17)6-10-15(4-2)11-7-13/h5,8,17H,3-4,6-7,9-11H2,1-2H3. The Balaban J connectivity index is 2.12. The quantitative estimate of drug-likeness (QED) is 0.864. The number of hydrogen-bond acceptors (Lipinski definition) is 3. The summed E-state index contributed by atoms with van der Waals surface area (Å²) in [7, 11) is 0. The SMILES string of the molecule is CCCn1nccc1C1(O)CCN(CC)CC1. The van der Waals surface area contributed by atoms with E-state index in [-0.39, 0.29) is 0 Å². The molecule has 2 rings (SSSR count). The van der Waals surface area contributed by atoms with Gasteiger partial charge in [-0.15, -0.1) is 0 Å². The molecule has 4 heteroatoms. The fourth-order valence-corrected chi connectivity index (χ4v) is 2.61. The van der Waals surface area contributed by atoms with E-state index >= 15 is 0 Å². The van der Waals surface area contributed by atoms with Crippen LogP contribution < -0.4 is 0 Å². The number of rotatable bonds is 4. The van der Waals surface area contributed by atoms with Crippen LogP contribution in [0.4, 0.5) is 0 Å². The minimum absolute atomic E-state index is 0.669. The summed E-state index contributed by atoms with van der Waals surface area (Å²) in [4.78, 5) is 2.38. The van der Waals surface area contributed by atoms with Crippen LogP contribution in [0.1, 0.15) is 38.8 Å². The lowest BCUT2D eigenvalue weighted by Gasteiger charge is -2.38. The number of aromatic nitrogens is 2. The van der Waals surface area contributed by atoms with Crippen molar-refractivity contribution in [1.82, 2.24) is 14.7 Å². The minimum Gasteiger partial charge on any atom is -0.383 e. The largest absolute Gasteiger partial charge is 0.383 e. The van der Waals surface area contributed by atoms with Crippen molar-refractivity contribution in [3.05, 3.63) is 18.0 Å². The van der Waals surface area contributed by atoms with E-state index in [1.165, 1.54) is 0 Å². The fourth-order valence-electron chi connectivity index (χ4n) is 2.61. The van der Waals surface area contributed by atoms with Crippen LogP contribution in [-0.2, 0) is 12.1 Å². The normalized spacial score (nSPS) is 20.6. The molecule has 0 bridgehead atoms. The maximum absolute atomic E-state index is 10.8. The highest BCUT2D eigenvalue weighted by molar-refractivity contribution is 5.13. The maximum atomic E-state index is 10.8. The van der Waals surface area contributed by atoms with Gasteiger partial charge < -0.3 is 10.0 Å². The van der Waals surface area contributed by atoms with E-state index in [4.69, 9.17) is 0 Å². The molecule has 1 fully saturated rings. The zero-order valence-corrected chi connectivity index (χ0v) is 10.9. The van der Waals surface area contributed by atoms with E-state index in [1.54, 1.807) is 6.20 Å². The fraction of sp³-hybridized carbons (Fsp3) is 0.769. The van der Waals surface area contributed by atoms with Gasteiger partial charge in [-0.2, -0.15) is 5.10 Å². The molecular formula is C13H23N3O. The second-order valence-electron chi connectivity index (χ2n) is 4.91. The van der Waals surface area contributed by atoms with Crippen molar-refractivity contribution in [2.45, 2.75) is 45.3 Å². The van der Waals surface area contributed by atoms with Crippen LogP contribution in [-0.4, -0.2) is 39.4 Å². The molecule has 0 radical (unpaired) electrons. The van der Waals surface area contributed by atoms with Crippen LogP contribution in [0.5, 0.6) is 0 Å². The lowest BCUT2D eigenvalue weighted by Crippen LogP contribution is -2.43. The van der Waals surface area contributed by atoms with Gasteiger partial charge in [0.25, 0.3) is 0 Å². The zero-order chi connectivity index (χ0) is 12.3. The molecule has 17 heavy (non-hydrogen) atoms. The van der Waals surface area contributed by atoms with Gasteiger partial charge in [0.2, 0.25) is 0 Å². The lowest BCUT2D eigenvalue weighted by molar-refractivity contribution is -0.0316. The first-order valence-corrected chi connectivity index (χ1v) is 6.66. The molecule has 0 amide bonds. The van der Waals surface area contributed by atoms with Gasteiger partial charge in [0.15, 0.2) is 0 Å². The number of nitrogens with zero attached hydrogens (tertiary/aromatic N) is 3. The maximum Gasteiger partial charge on any atom is 0.109 e. The van der Waals surface area contributed by atoms with E-state index < -0.39 is 5.60 Å². The average molecular weight is 237 g/mol. The highest BCUT2D eigenvalue weighted by atomic mass is 16.3. The van der Waals surface area contributed by atoms with Gasteiger partial charge in [0, 0.05) is 25.8 Å². The Kier molecular flexibility index (Phi) is 3.84. The molecule has 1 saturated heterocycles. The molecule has 1 aliphatic heterocycles. The van der Waals surface area contributed by atoms with Gasteiger partial charge in [0.05, 0.1) is 5.69 Å². The molecule has 1 aromatic rings. The summed E-state index contributed by atoms with van der Waals surface area (Å²) in [5.74, 6) is 0. The second-order valence-corrected chi connectivity index (χ2v) is 4.91. The van der Waals surface area contributed by atoms with E-state index in [2.05, 4.69) is 23.8 Å². The summed E-state index contributed by atoms with van der Waals surface area (Å²) in [6.07, 6.45) is 4.48. The number of piperidine rings is 1. The van der Waals surface area contributed by atoms with Crippen molar-refractivity contribution < 1.29 is 5.11 Å². The molecule has 1 aliphatic rings. The lowest BCUT2D eigenvalue weighted by atomic mass is 9.88. The van der Waals surface area contributed by atoms with Crippen LogP contribution in [0.3, 0.4) is 0 Å². The van der Waals surface area contributed by atoms with Crippen LogP contribution in [0, 0.1) is 0 Å². The molecule has 0 saturated carbocycles. The molecular weight excluding hydrogens is 214 g/mol. The van der Waals surface area contributed by atoms with Crippen molar-refractivity contribution in [1.29, 1.82) is 0 Å². The third-order valence-electron chi connectivity index (χ3n) is 3.76. The topological polar surface area (TPSA) is 41.3 Å². The van der Waals surface area contributed by atoms with Crippen LogP contribution in [0.15, 0.2) is 12.3 Å². The molecule has 1 aromatic heterocycles. The summed E-state index contributed by atoms with van der Waals surface area (Å²) in [6, 6.07) is 1.97. The van der Waals surface area contributed by atoms with Gasteiger partial charge >= 0.3 is 0 Å². The Morgan fingerprint density at radius 3 is 2.65 bits per heavy atom. The van der Waals surface area contributed by atoms with Gasteiger partial charge in [-0.25, -0.2) is 0 Å². The summed E-state index contributed by atoms with van der Waals surface area (Å²) < 4.78 is 1.96. The Hall–Kier alpha value is -0.870. The third-order valence-corrected chi connectivity index (χ3v) is 3.76. The van der Waals surface area contributed by atoms with Gasteiger partial charge in [-0.3, -0.25) is 4.68 Å². The molecule has 0 aromatic carbocycles. The molecule has 0 spiro atoms. The Morgan fingerprint density at radius 2 is 2.06 bits per heavy atom. The molecule has 4 nitrogen and oxygen atoms in total. The summed E-state index contributed by atoms with van der Waals surface area (Å²) >= 11 is 0. The summed E-state index contributed by atoms with van der Waals surface area (Å²) in [5, 5.41) is 15.1. The second kappa shape index (κ2) is 5.19. The molecule has 1 N–H and O–H groups in total. The van der Waals surface area contributed by atoms with E-state index in [0.29, 0.717) is 0 Å². The molecule has 2 heterocycles. The van der Waals surface area contributed by atoms with Crippen molar-refractivity contribution in [2.75, 3.05) is 19.6 Å². The van der Waals surface area contributed by atoms with Gasteiger partial charge in [-0.1, -0.05) is 13.8 Å². The van der Waals surface area contributed by atoms with E-state index in [1.807, 2.05) is 10.7 Å². The monoisotopic (exact) mass is 237 g/mol. The predicted molar refractivity (Wildman–Crippen MR) is 67.8 cm³/mol. The highest BCUT2D eigenvalue weighted by Crippen LogP contribution is 2.32. The Labute approximate surface area is 103 Å².